The van der Waals surface area contributed by atoms with Gasteiger partial charge in [0.05, 0.1) is 17.8 Å². The smallest absolute Gasteiger partial charge is 0.181 e. The molecule has 2 heterocycles. The number of aromatic nitrogens is 3. The minimum atomic E-state index is 0.0251. The number of nitrogens with zero attached hydrogens (tertiary/aromatic N) is 3. The molecule has 0 aliphatic rings. The summed E-state index contributed by atoms with van der Waals surface area (Å²) in [6, 6.07) is 11.3. The zero-order chi connectivity index (χ0) is 12.5. The zero-order valence-electron chi connectivity index (χ0n) is 10.1. The molecular formula is C14H13N3O. The van der Waals surface area contributed by atoms with Crippen LogP contribution in [0.4, 0.5) is 0 Å². The van der Waals surface area contributed by atoms with E-state index in [4.69, 9.17) is 0 Å². The van der Waals surface area contributed by atoms with Crippen LogP contribution < -0.4 is 5.43 Å². The third kappa shape index (κ3) is 1.82. The summed E-state index contributed by atoms with van der Waals surface area (Å²) in [5.41, 5.74) is 2.16. The van der Waals surface area contributed by atoms with Crippen LogP contribution in [0.2, 0.25) is 0 Å². The van der Waals surface area contributed by atoms with Gasteiger partial charge in [0.1, 0.15) is 0 Å². The number of para-hydroxylation sites is 1. The first-order chi connectivity index (χ1) is 8.74. The highest BCUT2D eigenvalue weighted by atomic mass is 16.1. The van der Waals surface area contributed by atoms with E-state index in [1.54, 1.807) is 24.5 Å². The summed E-state index contributed by atoms with van der Waals surface area (Å²) in [5, 5.41) is 5.68. The summed E-state index contributed by atoms with van der Waals surface area (Å²) in [6.07, 6.45) is 3.57. The standard InChI is InChI=1S/C14H13N3O/c1-16-14-5-3-2-4-12(14)13(15-16)10-17-8-6-11(18)7-9-17/h2-9H,10H2,1H3. The average Bonchev–Trinajstić information content (AvgIpc) is 2.70. The van der Waals surface area contributed by atoms with Crippen LogP contribution >= 0.6 is 0 Å². The largest absolute Gasteiger partial charge is 0.348 e. The van der Waals surface area contributed by atoms with Crippen molar-refractivity contribution in [3.63, 3.8) is 0 Å². The van der Waals surface area contributed by atoms with Crippen LogP contribution in [0.1, 0.15) is 5.69 Å². The Labute approximate surface area is 104 Å². The summed E-state index contributed by atoms with van der Waals surface area (Å²) in [7, 11) is 1.94. The number of pyridine rings is 1. The summed E-state index contributed by atoms with van der Waals surface area (Å²) >= 11 is 0. The fourth-order valence-corrected chi connectivity index (χ4v) is 2.13. The molecule has 0 unspecified atom stereocenters. The number of aryl methyl sites for hydroxylation is 1. The quantitative estimate of drug-likeness (QED) is 0.684. The first-order valence-corrected chi connectivity index (χ1v) is 5.81. The van der Waals surface area contributed by atoms with E-state index < -0.39 is 0 Å². The van der Waals surface area contributed by atoms with Gasteiger partial charge in [-0.1, -0.05) is 18.2 Å². The Hall–Kier alpha value is -2.36. The van der Waals surface area contributed by atoms with E-state index >= 15 is 0 Å². The van der Waals surface area contributed by atoms with Crippen molar-refractivity contribution in [3.05, 3.63) is 64.7 Å². The van der Waals surface area contributed by atoms with Crippen LogP contribution in [0.5, 0.6) is 0 Å². The van der Waals surface area contributed by atoms with Gasteiger partial charge in [0, 0.05) is 37.0 Å². The Morgan fingerprint density at radius 2 is 1.83 bits per heavy atom. The SMILES string of the molecule is Cn1nc(Cn2ccc(=O)cc2)c2ccccc21. The van der Waals surface area contributed by atoms with Gasteiger partial charge in [-0.15, -0.1) is 0 Å². The predicted octanol–water partition coefficient (Wildman–Crippen LogP) is 1.78. The van der Waals surface area contributed by atoms with Crippen LogP contribution in [-0.4, -0.2) is 14.3 Å². The lowest BCUT2D eigenvalue weighted by Gasteiger charge is -2.02. The van der Waals surface area contributed by atoms with Crippen molar-refractivity contribution < 1.29 is 0 Å². The van der Waals surface area contributed by atoms with Crippen molar-refractivity contribution in [2.45, 2.75) is 6.54 Å². The molecule has 0 bridgehead atoms. The van der Waals surface area contributed by atoms with Crippen LogP contribution in [-0.2, 0) is 13.6 Å². The molecule has 0 fully saturated rings. The molecule has 2 aromatic heterocycles. The molecule has 0 N–H and O–H groups in total. The topological polar surface area (TPSA) is 39.8 Å². The Morgan fingerprint density at radius 3 is 2.61 bits per heavy atom. The van der Waals surface area contributed by atoms with Crippen molar-refractivity contribution in [1.29, 1.82) is 0 Å². The second-order valence-corrected chi connectivity index (χ2v) is 4.29. The fraction of sp³-hybridized carbons (Fsp3) is 0.143. The van der Waals surface area contributed by atoms with Crippen LogP contribution in [0, 0.1) is 0 Å². The summed E-state index contributed by atoms with van der Waals surface area (Å²) in [5.74, 6) is 0. The highest BCUT2D eigenvalue weighted by molar-refractivity contribution is 5.81. The molecule has 4 heteroatoms. The van der Waals surface area contributed by atoms with Gasteiger partial charge < -0.3 is 4.57 Å². The van der Waals surface area contributed by atoms with Crippen molar-refractivity contribution in [1.82, 2.24) is 14.3 Å². The maximum Gasteiger partial charge on any atom is 0.181 e. The molecule has 4 nitrogen and oxygen atoms in total. The number of fused-ring (bicyclic) bond motifs is 1. The molecule has 18 heavy (non-hydrogen) atoms. The summed E-state index contributed by atoms with van der Waals surface area (Å²) in [6.45, 7) is 0.668. The van der Waals surface area contributed by atoms with Gasteiger partial charge >= 0.3 is 0 Å². The van der Waals surface area contributed by atoms with E-state index in [0.29, 0.717) is 6.54 Å². The molecule has 0 spiro atoms. The minimum absolute atomic E-state index is 0.0251. The van der Waals surface area contributed by atoms with E-state index in [-0.39, 0.29) is 5.43 Å². The highest BCUT2D eigenvalue weighted by Crippen LogP contribution is 2.17. The minimum Gasteiger partial charge on any atom is -0.348 e. The Kier molecular flexibility index (Phi) is 2.48. The van der Waals surface area contributed by atoms with Gasteiger partial charge in [0.25, 0.3) is 0 Å². The second-order valence-electron chi connectivity index (χ2n) is 4.29. The molecule has 0 saturated carbocycles. The van der Waals surface area contributed by atoms with Gasteiger partial charge in [0.15, 0.2) is 5.43 Å². The van der Waals surface area contributed by atoms with Crippen molar-refractivity contribution >= 4 is 10.9 Å². The number of rotatable bonds is 2. The van der Waals surface area contributed by atoms with Crippen LogP contribution in [0.25, 0.3) is 10.9 Å². The van der Waals surface area contributed by atoms with Gasteiger partial charge in [-0.3, -0.25) is 9.48 Å². The fourth-order valence-electron chi connectivity index (χ4n) is 2.13. The van der Waals surface area contributed by atoms with E-state index in [9.17, 15) is 4.79 Å². The lowest BCUT2D eigenvalue weighted by atomic mass is 10.2. The van der Waals surface area contributed by atoms with Crippen molar-refractivity contribution in [2.24, 2.45) is 7.05 Å². The normalized spacial score (nSPS) is 10.9. The predicted molar refractivity (Wildman–Crippen MR) is 70.5 cm³/mol. The first kappa shape index (κ1) is 10.8. The van der Waals surface area contributed by atoms with E-state index in [1.165, 1.54) is 0 Å². The molecule has 0 amide bonds. The molecule has 90 valence electrons. The highest BCUT2D eigenvalue weighted by Gasteiger charge is 2.07. The third-order valence-corrected chi connectivity index (χ3v) is 3.03. The molecular weight excluding hydrogens is 226 g/mol. The molecule has 0 saturated heterocycles. The van der Waals surface area contributed by atoms with Crippen LogP contribution in [0.3, 0.4) is 0 Å². The summed E-state index contributed by atoms with van der Waals surface area (Å²) in [4.78, 5) is 11.1. The Morgan fingerprint density at radius 1 is 1.11 bits per heavy atom. The third-order valence-electron chi connectivity index (χ3n) is 3.03. The molecule has 3 aromatic rings. The lowest BCUT2D eigenvalue weighted by Crippen LogP contribution is -2.05. The number of hydrogen-bond acceptors (Lipinski definition) is 2. The molecule has 0 aliphatic heterocycles. The molecule has 0 atom stereocenters. The maximum atomic E-state index is 11.1. The molecule has 0 radical (unpaired) electrons. The van der Waals surface area contributed by atoms with E-state index in [1.807, 2.05) is 28.4 Å². The van der Waals surface area contributed by atoms with Gasteiger partial charge in [-0.25, -0.2) is 0 Å². The van der Waals surface area contributed by atoms with Gasteiger partial charge in [-0.2, -0.15) is 5.10 Å². The first-order valence-electron chi connectivity index (χ1n) is 5.81. The van der Waals surface area contributed by atoms with Gasteiger partial charge in [-0.05, 0) is 6.07 Å². The van der Waals surface area contributed by atoms with E-state index in [2.05, 4.69) is 17.2 Å². The second kappa shape index (κ2) is 4.14. The Bertz CT molecular complexity index is 735. The van der Waals surface area contributed by atoms with Crippen molar-refractivity contribution in [3.8, 4) is 0 Å². The monoisotopic (exact) mass is 239 g/mol. The summed E-state index contributed by atoms with van der Waals surface area (Å²) < 4.78 is 3.84. The van der Waals surface area contributed by atoms with Crippen LogP contribution in [0.15, 0.2) is 53.6 Å². The zero-order valence-corrected chi connectivity index (χ0v) is 10.1. The number of hydrogen-bond donors (Lipinski definition) is 0. The Balaban J connectivity index is 2.05. The maximum absolute atomic E-state index is 11.1. The molecule has 1 aromatic carbocycles. The molecule has 3 rings (SSSR count). The van der Waals surface area contributed by atoms with E-state index in [0.717, 1.165) is 16.6 Å². The van der Waals surface area contributed by atoms with Crippen molar-refractivity contribution in [2.75, 3.05) is 0 Å². The molecule has 0 aliphatic carbocycles. The average molecular weight is 239 g/mol. The number of benzene rings is 1. The van der Waals surface area contributed by atoms with Gasteiger partial charge in [0.2, 0.25) is 0 Å². The lowest BCUT2D eigenvalue weighted by molar-refractivity contribution is 0.715.